The van der Waals surface area contributed by atoms with Crippen molar-refractivity contribution in [2.24, 2.45) is 5.41 Å². The summed E-state index contributed by atoms with van der Waals surface area (Å²) in [6.07, 6.45) is 1.14. The number of rotatable bonds is 1. The molecule has 2 aromatic rings. The summed E-state index contributed by atoms with van der Waals surface area (Å²) in [6.45, 7) is 8.26. The quantitative estimate of drug-likeness (QED) is 0.590. The van der Waals surface area contributed by atoms with Crippen molar-refractivity contribution in [3.63, 3.8) is 0 Å². The van der Waals surface area contributed by atoms with E-state index in [2.05, 4.69) is 37.5 Å². The van der Waals surface area contributed by atoms with Crippen molar-refractivity contribution in [1.29, 1.82) is 0 Å². The van der Waals surface area contributed by atoms with Gasteiger partial charge in [0.25, 0.3) is 0 Å². The molecule has 0 saturated carbocycles. The lowest BCUT2D eigenvalue weighted by Gasteiger charge is -2.34. The Labute approximate surface area is 170 Å². The van der Waals surface area contributed by atoms with Gasteiger partial charge in [-0.15, -0.1) is 0 Å². The molecule has 0 spiro atoms. The highest BCUT2D eigenvalue weighted by atomic mass is 35.5. The predicted molar refractivity (Wildman–Crippen MR) is 112 cm³/mol. The molecule has 0 saturated heterocycles. The number of halogens is 2. The summed E-state index contributed by atoms with van der Waals surface area (Å²) in [5.74, 6) is -0.390. The van der Waals surface area contributed by atoms with Gasteiger partial charge in [-0.1, -0.05) is 31.5 Å². The lowest BCUT2D eigenvalue weighted by atomic mass is 9.73. The molecule has 28 heavy (non-hydrogen) atoms. The molecule has 2 aromatic carbocycles. The SMILES string of the molecule is Cc1cc2c(cc1C)N[C@H](c1c(F)cccc1Cl)C1=C(CC(C)(C)CC1=O)N2. The first-order valence-corrected chi connectivity index (χ1v) is 9.89. The lowest BCUT2D eigenvalue weighted by molar-refractivity contribution is -0.118. The molecule has 5 heteroatoms. The van der Waals surface area contributed by atoms with E-state index in [4.69, 9.17) is 11.6 Å². The molecule has 3 nitrogen and oxygen atoms in total. The summed E-state index contributed by atoms with van der Waals surface area (Å²) in [4.78, 5) is 13.2. The van der Waals surface area contributed by atoms with Crippen molar-refractivity contribution in [3.8, 4) is 0 Å². The number of nitrogens with one attached hydrogen (secondary N) is 2. The van der Waals surface area contributed by atoms with E-state index < -0.39 is 11.9 Å². The Balaban J connectivity index is 1.96. The summed E-state index contributed by atoms with van der Waals surface area (Å²) >= 11 is 6.40. The number of hydrogen-bond acceptors (Lipinski definition) is 3. The fraction of sp³-hybridized carbons (Fsp3) is 0.348. The maximum absolute atomic E-state index is 14.8. The van der Waals surface area contributed by atoms with Crippen LogP contribution in [0.2, 0.25) is 5.02 Å². The van der Waals surface area contributed by atoms with Crippen molar-refractivity contribution in [2.75, 3.05) is 10.6 Å². The van der Waals surface area contributed by atoms with E-state index in [0.29, 0.717) is 29.0 Å². The summed E-state index contributed by atoms with van der Waals surface area (Å²) in [5, 5.41) is 7.22. The molecule has 0 unspecified atom stereocenters. The van der Waals surface area contributed by atoms with Crippen molar-refractivity contribution in [1.82, 2.24) is 0 Å². The Kier molecular flexibility index (Phi) is 4.50. The monoisotopic (exact) mass is 398 g/mol. The van der Waals surface area contributed by atoms with Gasteiger partial charge < -0.3 is 10.6 Å². The second kappa shape index (κ2) is 6.63. The number of fused-ring (bicyclic) bond motifs is 1. The first-order valence-electron chi connectivity index (χ1n) is 9.51. The van der Waals surface area contributed by atoms with Crippen LogP contribution >= 0.6 is 11.6 Å². The van der Waals surface area contributed by atoms with E-state index in [-0.39, 0.29) is 11.2 Å². The molecular formula is C23H24ClFN2O. The molecule has 0 aromatic heterocycles. The third-order valence-electron chi connectivity index (χ3n) is 5.72. The van der Waals surface area contributed by atoms with Gasteiger partial charge in [-0.25, -0.2) is 4.39 Å². The first-order chi connectivity index (χ1) is 13.2. The zero-order valence-electron chi connectivity index (χ0n) is 16.5. The summed E-state index contributed by atoms with van der Waals surface area (Å²) in [6, 6.07) is 8.10. The van der Waals surface area contributed by atoms with Gasteiger partial charge in [-0.05, 0) is 61.1 Å². The minimum absolute atomic E-state index is 0.0248. The van der Waals surface area contributed by atoms with E-state index >= 15 is 0 Å². The van der Waals surface area contributed by atoms with Crippen molar-refractivity contribution in [2.45, 2.75) is 46.6 Å². The van der Waals surface area contributed by atoms with Gasteiger partial charge in [0.2, 0.25) is 0 Å². The number of anilines is 2. The zero-order valence-corrected chi connectivity index (χ0v) is 17.3. The third-order valence-corrected chi connectivity index (χ3v) is 6.05. The van der Waals surface area contributed by atoms with Gasteiger partial charge in [-0.2, -0.15) is 0 Å². The van der Waals surface area contributed by atoms with Crippen LogP contribution in [-0.2, 0) is 4.79 Å². The van der Waals surface area contributed by atoms with Crippen LogP contribution in [-0.4, -0.2) is 5.78 Å². The molecule has 0 fully saturated rings. The molecule has 1 aliphatic heterocycles. The van der Waals surface area contributed by atoms with Crippen molar-refractivity contribution in [3.05, 3.63) is 69.1 Å². The smallest absolute Gasteiger partial charge is 0.163 e. The summed E-state index contributed by atoms with van der Waals surface area (Å²) < 4.78 is 14.8. The molecule has 2 aliphatic rings. The predicted octanol–water partition coefficient (Wildman–Crippen LogP) is 6.32. The van der Waals surface area contributed by atoms with E-state index in [1.54, 1.807) is 12.1 Å². The van der Waals surface area contributed by atoms with Crippen molar-refractivity contribution >= 4 is 28.8 Å². The number of ketones is 1. The molecule has 1 atom stereocenters. The van der Waals surface area contributed by atoms with Gasteiger partial charge in [0.05, 0.1) is 17.4 Å². The molecule has 0 bridgehead atoms. The normalized spacial score (nSPS) is 20.6. The summed E-state index contributed by atoms with van der Waals surface area (Å²) in [5.41, 5.74) is 5.60. The average Bonchev–Trinajstić information content (AvgIpc) is 2.71. The Bertz CT molecular complexity index is 1010. The van der Waals surface area contributed by atoms with Gasteiger partial charge in [-0.3, -0.25) is 4.79 Å². The maximum atomic E-state index is 14.8. The van der Waals surface area contributed by atoms with E-state index in [1.807, 2.05) is 13.0 Å². The number of carbonyl (C=O) groups is 1. The molecule has 2 N–H and O–H groups in total. The zero-order chi connectivity index (χ0) is 20.2. The van der Waals surface area contributed by atoms with E-state index in [9.17, 15) is 9.18 Å². The average molecular weight is 399 g/mol. The van der Waals surface area contributed by atoms with Crippen LogP contribution in [0.25, 0.3) is 0 Å². The highest BCUT2D eigenvalue weighted by molar-refractivity contribution is 6.31. The van der Waals surface area contributed by atoms with Crippen LogP contribution in [0.1, 0.15) is 49.4 Å². The Morgan fingerprint density at radius 2 is 1.79 bits per heavy atom. The fourth-order valence-corrected chi connectivity index (χ4v) is 4.49. The topological polar surface area (TPSA) is 41.1 Å². The van der Waals surface area contributed by atoms with Crippen molar-refractivity contribution < 1.29 is 9.18 Å². The third kappa shape index (κ3) is 3.20. The van der Waals surface area contributed by atoms with Gasteiger partial charge in [0.15, 0.2) is 5.78 Å². The first kappa shape index (κ1) is 19.0. The standard InChI is InChI=1S/C23H24ClFN2O/c1-12-8-16-17(9-13(12)2)27-22(20-14(24)6-5-7-15(20)25)21-18(26-16)10-23(3,4)11-19(21)28/h5-9,22,26-27H,10-11H2,1-4H3/t22-/m1/s1. The minimum atomic E-state index is -0.636. The van der Waals surface area contributed by atoms with Crippen LogP contribution in [0.15, 0.2) is 41.6 Å². The molecule has 146 valence electrons. The highest BCUT2D eigenvalue weighted by Crippen LogP contribution is 2.47. The van der Waals surface area contributed by atoms with Gasteiger partial charge in [0, 0.05) is 28.3 Å². The lowest BCUT2D eigenvalue weighted by Crippen LogP contribution is -2.31. The second-order valence-electron chi connectivity index (χ2n) is 8.65. The van der Waals surface area contributed by atoms with E-state index in [0.717, 1.165) is 28.2 Å². The molecule has 1 heterocycles. The van der Waals surface area contributed by atoms with Crippen LogP contribution < -0.4 is 10.6 Å². The van der Waals surface area contributed by atoms with Gasteiger partial charge >= 0.3 is 0 Å². The number of benzene rings is 2. The Morgan fingerprint density at radius 3 is 2.46 bits per heavy atom. The number of hydrogen-bond donors (Lipinski definition) is 2. The fourth-order valence-electron chi connectivity index (χ4n) is 4.21. The molecule has 1 aliphatic carbocycles. The summed E-state index contributed by atoms with van der Waals surface area (Å²) in [7, 11) is 0. The minimum Gasteiger partial charge on any atom is -0.372 e. The molecule has 4 rings (SSSR count). The number of Topliss-reactive ketones (excluding diaryl/α,β-unsaturated/α-hetero) is 1. The number of aryl methyl sites for hydroxylation is 2. The number of carbonyl (C=O) groups excluding carboxylic acids is 1. The molecule has 0 radical (unpaired) electrons. The van der Waals surface area contributed by atoms with Crippen LogP contribution in [0, 0.1) is 25.1 Å². The van der Waals surface area contributed by atoms with Gasteiger partial charge in [0.1, 0.15) is 5.82 Å². The van der Waals surface area contributed by atoms with Crippen LogP contribution in [0.5, 0.6) is 0 Å². The number of allylic oxidation sites excluding steroid dienone is 1. The Hall–Kier alpha value is -2.33. The largest absolute Gasteiger partial charge is 0.372 e. The van der Waals surface area contributed by atoms with E-state index in [1.165, 1.54) is 6.07 Å². The Morgan fingerprint density at radius 1 is 1.11 bits per heavy atom. The molecular weight excluding hydrogens is 375 g/mol. The molecule has 0 amide bonds. The van der Waals surface area contributed by atoms with Crippen LogP contribution in [0.4, 0.5) is 15.8 Å². The second-order valence-corrected chi connectivity index (χ2v) is 9.06. The maximum Gasteiger partial charge on any atom is 0.163 e. The highest BCUT2D eigenvalue weighted by Gasteiger charge is 2.40. The van der Waals surface area contributed by atoms with Crippen LogP contribution in [0.3, 0.4) is 0 Å².